The number of nitrogens with one attached hydrogen (secondary N) is 1. The van der Waals surface area contributed by atoms with E-state index in [9.17, 15) is 15.3 Å². The fourth-order valence-corrected chi connectivity index (χ4v) is 1.46. The minimum Gasteiger partial charge on any atom is -0.508 e. The summed E-state index contributed by atoms with van der Waals surface area (Å²) in [5.74, 6) is -0.123. The van der Waals surface area contributed by atoms with Crippen molar-refractivity contribution < 1.29 is 15.3 Å². The summed E-state index contributed by atoms with van der Waals surface area (Å²) in [6.45, 7) is 4.48. The zero-order valence-corrected chi connectivity index (χ0v) is 9.20. The third kappa shape index (κ3) is 3.57. The molecule has 1 rings (SSSR count). The van der Waals surface area contributed by atoms with Gasteiger partial charge in [0.1, 0.15) is 5.76 Å². The molecule has 0 saturated heterocycles. The van der Waals surface area contributed by atoms with Crippen molar-refractivity contribution in [3.05, 3.63) is 23.2 Å². The standard InChI is InChI=1S/C11H19NO3/c1-7(2)12-6-11(15)8-3-4-9(13)10(14)5-8/h5,7,11-15H,3-4,6H2,1-2H3. The van der Waals surface area contributed by atoms with Gasteiger partial charge in [-0.05, 0) is 18.1 Å². The molecule has 0 spiro atoms. The maximum absolute atomic E-state index is 9.78. The van der Waals surface area contributed by atoms with Gasteiger partial charge >= 0.3 is 0 Å². The highest BCUT2D eigenvalue weighted by Gasteiger charge is 2.17. The molecule has 0 bridgehead atoms. The van der Waals surface area contributed by atoms with Crippen molar-refractivity contribution >= 4 is 0 Å². The first-order valence-corrected chi connectivity index (χ1v) is 5.23. The van der Waals surface area contributed by atoms with Crippen molar-refractivity contribution in [1.29, 1.82) is 0 Å². The molecule has 4 N–H and O–H groups in total. The lowest BCUT2D eigenvalue weighted by molar-refractivity contribution is 0.195. The summed E-state index contributed by atoms with van der Waals surface area (Å²) >= 11 is 0. The van der Waals surface area contributed by atoms with Gasteiger partial charge in [-0.2, -0.15) is 0 Å². The SMILES string of the molecule is CC(C)NCC(O)C1=CC(O)=C(O)CC1. The van der Waals surface area contributed by atoms with E-state index >= 15 is 0 Å². The Morgan fingerprint density at radius 1 is 1.33 bits per heavy atom. The summed E-state index contributed by atoms with van der Waals surface area (Å²) < 4.78 is 0. The molecule has 0 aromatic rings. The van der Waals surface area contributed by atoms with Crippen LogP contribution in [0.4, 0.5) is 0 Å². The first kappa shape index (κ1) is 12.1. The molecule has 1 atom stereocenters. The fraction of sp³-hybridized carbons (Fsp3) is 0.636. The Morgan fingerprint density at radius 2 is 2.00 bits per heavy atom. The molecule has 0 heterocycles. The lowest BCUT2D eigenvalue weighted by Gasteiger charge is -2.20. The molecule has 1 aliphatic carbocycles. The van der Waals surface area contributed by atoms with E-state index in [-0.39, 0.29) is 11.5 Å². The summed E-state index contributed by atoms with van der Waals surface area (Å²) in [4.78, 5) is 0. The monoisotopic (exact) mass is 213 g/mol. The van der Waals surface area contributed by atoms with E-state index in [0.29, 0.717) is 25.4 Å². The Bertz CT molecular complexity index is 282. The first-order chi connectivity index (χ1) is 7.00. The quantitative estimate of drug-likeness (QED) is 0.569. The second-order valence-electron chi connectivity index (χ2n) is 4.13. The van der Waals surface area contributed by atoms with Gasteiger partial charge in [0, 0.05) is 19.0 Å². The van der Waals surface area contributed by atoms with Crippen molar-refractivity contribution in [3.63, 3.8) is 0 Å². The van der Waals surface area contributed by atoms with Crippen LogP contribution in [-0.2, 0) is 0 Å². The van der Waals surface area contributed by atoms with Gasteiger partial charge < -0.3 is 20.6 Å². The molecule has 1 aliphatic rings. The van der Waals surface area contributed by atoms with Crippen LogP contribution in [0.1, 0.15) is 26.7 Å². The van der Waals surface area contributed by atoms with Crippen molar-refractivity contribution in [1.82, 2.24) is 5.32 Å². The van der Waals surface area contributed by atoms with E-state index in [4.69, 9.17) is 0 Å². The normalized spacial score (nSPS) is 19.3. The maximum Gasteiger partial charge on any atom is 0.153 e. The summed E-state index contributed by atoms with van der Waals surface area (Å²) in [6, 6.07) is 0.321. The molecule has 0 saturated carbocycles. The molecule has 0 radical (unpaired) electrons. The van der Waals surface area contributed by atoms with Crippen LogP contribution < -0.4 is 5.32 Å². The molecular formula is C11H19NO3. The largest absolute Gasteiger partial charge is 0.508 e. The molecule has 0 amide bonds. The first-order valence-electron chi connectivity index (χ1n) is 5.23. The van der Waals surface area contributed by atoms with E-state index in [2.05, 4.69) is 5.32 Å². The van der Waals surface area contributed by atoms with E-state index in [0.717, 1.165) is 5.57 Å². The zero-order chi connectivity index (χ0) is 11.4. The lowest BCUT2D eigenvalue weighted by Crippen LogP contribution is -2.33. The van der Waals surface area contributed by atoms with Gasteiger partial charge in [0.05, 0.1) is 6.10 Å². The molecular weight excluding hydrogens is 194 g/mol. The van der Waals surface area contributed by atoms with Crippen LogP contribution in [0.5, 0.6) is 0 Å². The lowest BCUT2D eigenvalue weighted by atomic mass is 9.97. The molecule has 0 aromatic carbocycles. The van der Waals surface area contributed by atoms with Crippen LogP contribution in [0, 0.1) is 0 Å². The Morgan fingerprint density at radius 3 is 2.53 bits per heavy atom. The number of aliphatic hydroxyl groups is 3. The fourth-order valence-electron chi connectivity index (χ4n) is 1.46. The van der Waals surface area contributed by atoms with Crippen molar-refractivity contribution in [2.45, 2.75) is 38.8 Å². The van der Waals surface area contributed by atoms with Crippen LogP contribution in [0.15, 0.2) is 23.2 Å². The average Bonchev–Trinajstić information content (AvgIpc) is 2.18. The summed E-state index contributed by atoms with van der Waals surface area (Å²) in [7, 11) is 0. The maximum atomic E-state index is 9.78. The molecule has 86 valence electrons. The molecule has 4 heteroatoms. The minimum absolute atomic E-state index is 0.00256. The smallest absolute Gasteiger partial charge is 0.153 e. The van der Waals surface area contributed by atoms with Crippen molar-refractivity contribution in [2.24, 2.45) is 0 Å². The van der Waals surface area contributed by atoms with Gasteiger partial charge in [-0.25, -0.2) is 0 Å². The molecule has 0 aromatic heterocycles. The highest BCUT2D eigenvalue weighted by Crippen LogP contribution is 2.22. The van der Waals surface area contributed by atoms with Crippen LogP contribution in [-0.4, -0.2) is 34.0 Å². The van der Waals surface area contributed by atoms with Crippen molar-refractivity contribution in [3.8, 4) is 0 Å². The number of hydrogen-bond acceptors (Lipinski definition) is 4. The molecule has 4 nitrogen and oxygen atoms in total. The number of hydrogen-bond donors (Lipinski definition) is 4. The summed E-state index contributed by atoms with van der Waals surface area (Å²) in [5, 5.41) is 31.4. The number of allylic oxidation sites excluding steroid dienone is 2. The second kappa shape index (κ2) is 5.19. The highest BCUT2D eigenvalue weighted by atomic mass is 16.3. The predicted octanol–water partition coefficient (Wildman–Crippen LogP) is 1.39. The summed E-state index contributed by atoms with van der Waals surface area (Å²) in [5.41, 5.74) is 0.762. The Balaban J connectivity index is 2.54. The van der Waals surface area contributed by atoms with Gasteiger partial charge in [-0.15, -0.1) is 0 Å². The van der Waals surface area contributed by atoms with Crippen LogP contribution >= 0.6 is 0 Å². The minimum atomic E-state index is -0.595. The van der Waals surface area contributed by atoms with Gasteiger partial charge in [-0.3, -0.25) is 0 Å². The Kier molecular flexibility index (Phi) is 4.17. The van der Waals surface area contributed by atoms with Crippen LogP contribution in [0.25, 0.3) is 0 Å². The van der Waals surface area contributed by atoms with Crippen LogP contribution in [0.2, 0.25) is 0 Å². The van der Waals surface area contributed by atoms with Gasteiger partial charge in [0.2, 0.25) is 0 Å². The van der Waals surface area contributed by atoms with Crippen LogP contribution in [0.3, 0.4) is 0 Å². The number of aliphatic hydroxyl groups excluding tert-OH is 3. The average molecular weight is 213 g/mol. The molecule has 1 unspecified atom stereocenters. The van der Waals surface area contributed by atoms with Gasteiger partial charge in [-0.1, -0.05) is 13.8 Å². The Hall–Kier alpha value is -1.00. The Labute approximate surface area is 89.9 Å². The topological polar surface area (TPSA) is 72.7 Å². The van der Waals surface area contributed by atoms with Gasteiger partial charge in [0.15, 0.2) is 5.76 Å². The molecule has 0 fully saturated rings. The van der Waals surface area contributed by atoms with Gasteiger partial charge in [0.25, 0.3) is 0 Å². The predicted molar refractivity (Wildman–Crippen MR) is 58.7 cm³/mol. The highest BCUT2D eigenvalue weighted by molar-refractivity contribution is 5.27. The third-order valence-electron chi connectivity index (χ3n) is 2.42. The number of rotatable bonds is 4. The van der Waals surface area contributed by atoms with E-state index in [1.807, 2.05) is 13.8 Å². The molecule has 0 aliphatic heterocycles. The van der Waals surface area contributed by atoms with Crippen molar-refractivity contribution in [2.75, 3.05) is 6.54 Å². The second-order valence-corrected chi connectivity index (χ2v) is 4.13. The zero-order valence-electron chi connectivity index (χ0n) is 9.20. The molecule has 15 heavy (non-hydrogen) atoms. The summed E-state index contributed by atoms with van der Waals surface area (Å²) in [6.07, 6.45) is 1.85. The van der Waals surface area contributed by atoms with E-state index in [1.165, 1.54) is 6.08 Å². The third-order valence-corrected chi connectivity index (χ3v) is 2.42. The van der Waals surface area contributed by atoms with E-state index < -0.39 is 6.10 Å². The van der Waals surface area contributed by atoms with E-state index in [1.54, 1.807) is 0 Å².